The second kappa shape index (κ2) is 8.15. The number of halogens is 1. The highest BCUT2D eigenvalue weighted by molar-refractivity contribution is 6.30. The van der Waals surface area contributed by atoms with Crippen LogP contribution in [0.4, 0.5) is 0 Å². The molecule has 1 aliphatic heterocycles. The third kappa shape index (κ3) is 5.00. The van der Waals surface area contributed by atoms with E-state index in [1.807, 2.05) is 4.90 Å². The molecule has 1 aromatic rings. The summed E-state index contributed by atoms with van der Waals surface area (Å²) < 4.78 is 0. The Bertz CT molecular complexity index is 513. The van der Waals surface area contributed by atoms with Crippen LogP contribution in [0.2, 0.25) is 5.02 Å². The number of aliphatic hydroxyl groups is 1. The van der Waals surface area contributed by atoms with Gasteiger partial charge < -0.3 is 15.3 Å². The Balaban J connectivity index is 1.68. The van der Waals surface area contributed by atoms with E-state index < -0.39 is 6.10 Å². The molecule has 120 valence electrons. The van der Waals surface area contributed by atoms with E-state index in [2.05, 4.69) is 5.32 Å². The Morgan fingerprint density at radius 3 is 2.50 bits per heavy atom. The summed E-state index contributed by atoms with van der Waals surface area (Å²) in [5.74, 6) is -0.187. The zero-order valence-electron chi connectivity index (χ0n) is 12.4. The molecule has 0 saturated carbocycles. The molecule has 2 amide bonds. The van der Waals surface area contributed by atoms with Crippen molar-refractivity contribution in [2.75, 3.05) is 19.6 Å². The quantitative estimate of drug-likeness (QED) is 0.839. The van der Waals surface area contributed by atoms with Crippen molar-refractivity contribution in [3.8, 4) is 0 Å². The van der Waals surface area contributed by atoms with Crippen LogP contribution in [0.25, 0.3) is 0 Å². The average molecular weight is 325 g/mol. The van der Waals surface area contributed by atoms with Crippen LogP contribution < -0.4 is 5.32 Å². The molecule has 2 N–H and O–H groups in total. The molecule has 5 nitrogen and oxygen atoms in total. The molecule has 1 aromatic carbocycles. The number of likely N-dealkylation sites (tertiary alicyclic amines) is 1. The zero-order chi connectivity index (χ0) is 15.9. The number of amides is 2. The second-order valence-corrected chi connectivity index (χ2v) is 5.90. The highest BCUT2D eigenvalue weighted by atomic mass is 35.5. The first-order chi connectivity index (χ1) is 10.6. The van der Waals surface area contributed by atoms with Gasteiger partial charge in [0.25, 0.3) is 0 Å². The molecule has 1 heterocycles. The largest absolute Gasteiger partial charge is 0.388 e. The maximum Gasteiger partial charge on any atom is 0.224 e. The van der Waals surface area contributed by atoms with Crippen LogP contribution in [0.1, 0.15) is 37.4 Å². The van der Waals surface area contributed by atoms with Gasteiger partial charge in [0.2, 0.25) is 11.8 Å². The molecule has 1 aliphatic rings. The number of nitrogens with zero attached hydrogens (tertiary/aromatic N) is 1. The number of hydrogen-bond donors (Lipinski definition) is 2. The topological polar surface area (TPSA) is 69.6 Å². The van der Waals surface area contributed by atoms with Crippen LogP contribution in [0.15, 0.2) is 24.3 Å². The van der Waals surface area contributed by atoms with Crippen LogP contribution in [0.5, 0.6) is 0 Å². The minimum Gasteiger partial charge on any atom is -0.388 e. The average Bonchev–Trinajstić information content (AvgIpc) is 3.02. The third-order valence-electron chi connectivity index (χ3n) is 3.75. The minimum atomic E-state index is -0.869. The third-order valence-corrected chi connectivity index (χ3v) is 4.01. The van der Waals surface area contributed by atoms with Crippen LogP contribution in [0.3, 0.4) is 0 Å². The molecular formula is C16H21ClN2O3. The van der Waals surface area contributed by atoms with Crippen molar-refractivity contribution in [3.05, 3.63) is 34.9 Å². The predicted molar refractivity (Wildman–Crippen MR) is 84.5 cm³/mol. The molecule has 1 fully saturated rings. The number of hydrogen-bond acceptors (Lipinski definition) is 3. The Morgan fingerprint density at radius 2 is 1.86 bits per heavy atom. The molecule has 0 spiro atoms. The highest BCUT2D eigenvalue weighted by Crippen LogP contribution is 2.18. The first-order valence-corrected chi connectivity index (χ1v) is 7.92. The van der Waals surface area contributed by atoms with Crippen molar-refractivity contribution in [1.82, 2.24) is 10.2 Å². The van der Waals surface area contributed by atoms with Crippen molar-refractivity contribution < 1.29 is 14.7 Å². The van der Waals surface area contributed by atoms with Gasteiger partial charge in [0.05, 0.1) is 12.5 Å². The molecule has 2 rings (SSSR count). The molecule has 0 bridgehead atoms. The maximum absolute atomic E-state index is 11.8. The second-order valence-electron chi connectivity index (χ2n) is 5.46. The Hall–Kier alpha value is -1.59. The van der Waals surface area contributed by atoms with Crippen LogP contribution in [0, 0.1) is 0 Å². The molecule has 1 saturated heterocycles. The molecule has 0 radical (unpaired) electrons. The van der Waals surface area contributed by atoms with Gasteiger partial charge in [-0.3, -0.25) is 9.59 Å². The summed E-state index contributed by atoms with van der Waals surface area (Å²) in [6.45, 7) is 1.95. The van der Waals surface area contributed by atoms with Crippen LogP contribution in [-0.2, 0) is 9.59 Å². The van der Waals surface area contributed by atoms with Gasteiger partial charge in [-0.25, -0.2) is 0 Å². The molecule has 6 heteroatoms. The van der Waals surface area contributed by atoms with Gasteiger partial charge in [-0.2, -0.15) is 0 Å². The van der Waals surface area contributed by atoms with Crippen molar-refractivity contribution in [2.45, 2.75) is 31.8 Å². The number of carbonyl (C=O) groups is 2. The monoisotopic (exact) mass is 324 g/mol. The maximum atomic E-state index is 11.8. The first-order valence-electron chi connectivity index (χ1n) is 7.54. The summed E-state index contributed by atoms with van der Waals surface area (Å²) in [6, 6.07) is 6.73. The van der Waals surface area contributed by atoms with Crippen LogP contribution >= 0.6 is 11.6 Å². The zero-order valence-corrected chi connectivity index (χ0v) is 13.2. The number of carbonyl (C=O) groups excluding carboxylic acids is 2. The molecule has 1 unspecified atom stereocenters. The molecule has 0 aliphatic carbocycles. The fraction of sp³-hybridized carbons (Fsp3) is 0.500. The van der Waals surface area contributed by atoms with Crippen molar-refractivity contribution >= 4 is 23.4 Å². The highest BCUT2D eigenvalue weighted by Gasteiger charge is 2.18. The van der Waals surface area contributed by atoms with Crippen molar-refractivity contribution in [1.29, 1.82) is 0 Å². The van der Waals surface area contributed by atoms with Crippen LogP contribution in [-0.4, -0.2) is 41.5 Å². The molecule has 0 aromatic heterocycles. The van der Waals surface area contributed by atoms with Crippen molar-refractivity contribution in [2.24, 2.45) is 0 Å². The number of nitrogens with one attached hydrogen (secondary N) is 1. The van der Waals surface area contributed by atoms with Gasteiger partial charge in [0.1, 0.15) is 0 Å². The molecule has 1 atom stereocenters. The predicted octanol–water partition coefficient (Wildman–Crippen LogP) is 1.89. The van der Waals surface area contributed by atoms with E-state index in [-0.39, 0.29) is 18.2 Å². The van der Waals surface area contributed by atoms with Gasteiger partial charge in [0.15, 0.2) is 0 Å². The SMILES string of the molecule is O=C(CC(O)c1ccc(Cl)cc1)NCCC(=O)N1CCCC1. The van der Waals surface area contributed by atoms with Gasteiger partial charge >= 0.3 is 0 Å². The Kier molecular flexibility index (Phi) is 6.21. The lowest BCUT2D eigenvalue weighted by Crippen LogP contribution is -2.33. The smallest absolute Gasteiger partial charge is 0.224 e. The van der Waals surface area contributed by atoms with E-state index in [9.17, 15) is 14.7 Å². The summed E-state index contributed by atoms with van der Waals surface area (Å²) in [6.07, 6.45) is 1.53. The molecule has 22 heavy (non-hydrogen) atoms. The summed E-state index contributed by atoms with van der Waals surface area (Å²) in [5.41, 5.74) is 0.646. The van der Waals surface area contributed by atoms with E-state index in [0.717, 1.165) is 25.9 Å². The summed E-state index contributed by atoms with van der Waals surface area (Å²) in [7, 11) is 0. The van der Waals surface area contributed by atoms with Gasteiger partial charge in [0, 0.05) is 31.1 Å². The lowest BCUT2D eigenvalue weighted by atomic mass is 10.1. The lowest BCUT2D eigenvalue weighted by Gasteiger charge is -2.15. The fourth-order valence-electron chi connectivity index (χ4n) is 2.48. The Labute approximate surface area is 135 Å². The summed E-state index contributed by atoms with van der Waals surface area (Å²) in [5, 5.41) is 13.2. The van der Waals surface area contributed by atoms with Gasteiger partial charge in [-0.15, -0.1) is 0 Å². The minimum absolute atomic E-state index is 0.0282. The number of aliphatic hydroxyl groups excluding tert-OH is 1. The number of rotatable bonds is 6. The Morgan fingerprint density at radius 1 is 1.23 bits per heavy atom. The van der Waals surface area contributed by atoms with E-state index in [0.29, 0.717) is 23.6 Å². The first kappa shape index (κ1) is 16.8. The van der Waals surface area contributed by atoms with E-state index in [1.165, 1.54) is 0 Å². The summed E-state index contributed by atoms with van der Waals surface area (Å²) in [4.78, 5) is 25.4. The normalized spacial score (nSPS) is 15.6. The lowest BCUT2D eigenvalue weighted by molar-refractivity contribution is -0.130. The van der Waals surface area contributed by atoms with E-state index in [4.69, 9.17) is 11.6 Å². The van der Waals surface area contributed by atoms with Crippen molar-refractivity contribution in [3.63, 3.8) is 0 Å². The van der Waals surface area contributed by atoms with E-state index in [1.54, 1.807) is 24.3 Å². The standard InChI is InChI=1S/C16H21ClN2O3/c17-13-5-3-12(4-6-13)14(20)11-15(21)18-8-7-16(22)19-9-1-2-10-19/h3-6,14,20H,1-2,7-11H2,(H,18,21). The number of benzene rings is 1. The molecular weight excluding hydrogens is 304 g/mol. The van der Waals surface area contributed by atoms with E-state index >= 15 is 0 Å². The fourth-order valence-corrected chi connectivity index (χ4v) is 2.61. The van der Waals surface area contributed by atoms with Gasteiger partial charge in [-0.1, -0.05) is 23.7 Å². The summed E-state index contributed by atoms with van der Waals surface area (Å²) >= 11 is 5.78. The van der Waals surface area contributed by atoms with Gasteiger partial charge in [-0.05, 0) is 30.5 Å².